The average Bonchev–Trinajstić information content (AvgIpc) is 2.49. The monoisotopic (exact) mass is 266 g/mol. The molecule has 2 aromatic rings. The van der Waals surface area contributed by atoms with E-state index in [1.807, 2.05) is 23.9 Å². The lowest BCUT2D eigenvalue weighted by atomic mass is 10.1. The van der Waals surface area contributed by atoms with Gasteiger partial charge >= 0.3 is 0 Å². The van der Waals surface area contributed by atoms with Crippen LogP contribution in [0.25, 0.3) is 0 Å². The number of rotatable bonds is 2. The van der Waals surface area contributed by atoms with Crippen LogP contribution in [0.5, 0.6) is 0 Å². The molecule has 0 saturated carbocycles. The van der Waals surface area contributed by atoms with E-state index >= 15 is 0 Å². The van der Waals surface area contributed by atoms with Crippen LogP contribution in [0.2, 0.25) is 0 Å². The van der Waals surface area contributed by atoms with Crippen LogP contribution in [0.1, 0.15) is 11.6 Å². The molecule has 0 aromatic heterocycles. The van der Waals surface area contributed by atoms with Gasteiger partial charge in [-0.2, -0.15) is 5.26 Å². The lowest BCUT2D eigenvalue weighted by Crippen LogP contribution is -2.33. The van der Waals surface area contributed by atoms with Gasteiger partial charge in [-0.25, -0.2) is 0 Å². The molecule has 2 aromatic carbocycles. The molecule has 0 spiro atoms. The Labute approximate surface area is 117 Å². The first-order valence-corrected chi connectivity index (χ1v) is 7.29. The summed E-state index contributed by atoms with van der Waals surface area (Å²) in [5.41, 5.74) is 2.45. The summed E-state index contributed by atoms with van der Waals surface area (Å²) in [5.74, 6) is 0.989. The van der Waals surface area contributed by atoms with Gasteiger partial charge in [0, 0.05) is 10.6 Å². The summed E-state index contributed by atoms with van der Waals surface area (Å²) in [5, 5.41) is 9.11. The standard InChI is InChI=1S/C16H14N2S/c17-10-11-18-14-8-4-5-9-16(14)19-12-15(18)13-6-2-1-3-7-13/h1-9,15H,11-12H2. The zero-order valence-electron chi connectivity index (χ0n) is 10.5. The van der Waals surface area contributed by atoms with Crippen molar-refractivity contribution in [2.24, 2.45) is 0 Å². The second kappa shape index (κ2) is 5.38. The number of hydrogen-bond acceptors (Lipinski definition) is 3. The summed E-state index contributed by atoms with van der Waals surface area (Å²) in [6.45, 7) is 0.428. The molecular formula is C16H14N2S. The van der Waals surface area contributed by atoms with Crippen LogP contribution < -0.4 is 4.90 Å². The van der Waals surface area contributed by atoms with E-state index in [0.29, 0.717) is 6.54 Å². The second-order valence-corrected chi connectivity index (χ2v) is 5.55. The van der Waals surface area contributed by atoms with E-state index in [2.05, 4.69) is 53.4 Å². The van der Waals surface area contributed by atoms with Gasteiger partial charge in [-0.1, -0.05) is 42.5 Å². The van der Waals surface area contributed by atoms with Crippen molar-refractivity contribution in [2.75, 3.05) is 17.2 Å². The molecule has 3 rings (SSSR count). The van der Waals surface area contributed by atoms with Gasteiger partial charge in [0.1, 0.15) is 6.54 Å². The van der Waals surface area contributed by atoms with Crippen molar-refractivity contribution in [3.05, 3.63) is 60.2 Å². The summed E-state index contributed by atoms with van der Waals surface area (Å²) in [6, 6.07) is 21.3. The van der Waals surface area contributed by atoms with E-state index in [-0.39, 0.29) is 6.04 Å². The maximum absolute atomic E-state index is 9.11. The number of fused-ring (bicyclic) bond motifs is 1. The summed E-state index contributed by atoms with van der Waals surface area (Å²) in [4.78, 5) is 3.48. The Kier molecular flexibility index (Phi) is 3.43. The maximum Gasteiger partial charge on any atom is 0.106 e. The molecule has 2 nitrogen and oxygen atoms in total. The topological polar surface area (TPSA) is 27.0 Å². The Hall–Kier alpha value is -1.92. The van der Waals surface area contributed by atoms with E-state index in [9.17, 15) is 0 Å². The molecule has 0 radical (unpaired) electrons. The number of para-hydroxylation sites is 1. The SMILES string of the molecule is N#CCN1c2ccccc2SCC1c1ccccc1. The van der Waals surface area contributed by atoms with Crippen LogP contribution in [0.4, 0.5) is 5.69 Å². The van der Waals surface area contributed by atoms with E-state index in [1.54, 1.807) is 0 Å². The van der Waals surface area contributed by atoms with Gasteiger partial charge in [0.15, 0.2) is 0 Å². The molecular weight excluding hydrogens is 252 g/mol. The van der Waals surface area contributed by atoms with Crippen LogP contribution in [-0.4, -0.2) is 12.3 Å². The fourth-order valence-corrected chi connectivity index (χ4v) is 3.68. The van der Waals surface area contributed by atoms with Gasteiger partial charge in [-0.15, -0.1) is 11.8 Å². The van der Waals surface area contributed by atoms with Crippen molar-refractivity contribution in [3.63, 3.8) is 0 Å². The number of anilines is 1. The van der Waals surface area contributed by atoms with Crippen molar-refractivity contribution in [1.29, 1.82) is 5.26 Å². The van der Waals surface area contributed by atoms with Gasteiger partial charge in [0.05, 0.1) is 17.8 Å². The van der Waals surface area contributed by atoms with Gasteiger partial charge in [0.25, 0.3) is 0 Å². The molecule has 0 bridgehead atoms. The predicted molar refractivity (Wildman–Crippen MR) is 79.3 cm³/mol. The van der Waals surface area contributed by atoms with Crippen LogP contribution in [0, 0.1) is 11.3 Å². The lowest BCUT2D eigenvalue weighted by molar-refractivity contribution is 0.706. The molecule has 1 unspecified atom stereocenters. The Morgan fingerprint density at radius 1 is 1.11 bits per heavy atom. The van der Waals surface area contributed by atoms with E-state index in [1.165, 1.54) is 16.1 Å². The normalized spacial score (nSPS) is 17.6. The van der Waals surface area contributed by atoms with Gasteiger partial charge < -0.3 is 4.90 Å². The van der Waals surface area contributed by atoms with E-state index in [0.717, 1.165) is 5.75 Å². The molecule has 19 heavy (non-hydrogen) atoms. The molecule has 1 aliphatic rings. The molecule has 1 heterocycles. The van der Waals surface area contributed by atoms with Crippen LogP contribution in [-0.2, 0) is 0 Å². The Balaban J connectivity index is 2.01. The van der Waals surface area contributed by atoms with E-state index < -0.39 is 0 Å². The zero-order chi connectivity index (χ0) is 13.1. The quantitative estimate of drug-likeness (QED) is 0.772. The summed E-state index contributed by atoms with van der Waals surface area (Å²) in [7, 11) is 0. The van der Waals surface area contributed by atoms with Crippen molar-refractivity contribution < 1.29 is 0 Å². The average molecular weight is 266 g/mol. The Morgan fingerprint density at radius 3 is 2.63 bits per heavy atom. The van der Waals surface area contributed by atoms with Gasteiger partial charge in [-0.3, -0.25) is 0 Å². The molecule has 0 fully saturated rings. The lowest BCUT2D eigenvalue weighted by Gasteiger charge is -2.37. The summed E-state index contributed by atoms with van der Waals surface area (Å²) in [6.07, 6.45) is 0. The largest absolute Gasteiger partial charge is 0.349 e. The highest BCUT2D eigenvalue weighted by Gasteiger charge is 2.27. The minimum atomic E-state index is 0.278. The number of benzene rings is 2. The predicted octanol–water partition coefficient (Wildman–Crippen LogP) is 3.86. The number of thioether (sulfide) groups is 1. The fourth-order valence-electron chi connectivity index (χ4n) is 2.47. The minimum absolute atomic E-state index is 0.278. The van der Waals surface area contributed by atoms with E-state index in [4.69, 9.17) is 5.26 Å². The van der Waals surface area contributed by atoms with Crippen molar-refractivity contribution in [2.45, 2.75) is 10.9 Å². The zero-order valence-corrected chi connectivity index (χ0v) is 11.3. The highest BCUT2D eigenvalue weighted by molar-refractivity contribution is 7.99. The van der Waals surface area contributed by atoms with Crippen LogP contribution in [0.3, 0.4) is 0 Å². The first-order chi connectivity index (χ1) is 9.40. The van der Waals surface area contributed by atoms with Crippen molar-refractivity contribution in [3.8, 4) is 6.07 Å². The number of hydrogen-bond donors (Lipinski definition) is 0. The summed E-state index contributed by atoms with van der Waals surface area (Å²) < 4.78 is 0. The highest BCUT2D eigenvalue weighted by Crippen LogP contribution is 2.42. The maximum atomic E-state index is 9.11. The van der Waals surface area contributed by atoms with Crippen molar-refractivity contribution >= 4 is 17.4 Å². The smallest absolute Gasteiger partial charge is 0.106 e. The molecule has 3 heteroatoms. The van der Waals surface area contributed by atoms with Crippen LogP contribution >= 0.6 is 11.8 Å². The molecule has 0 saturated heterocycles. The fraction of sp³-hybridized carbons (Fsp3) is 0.188. The second-order valence-electron chi connectivity index (χ2n) is 4.49. The third-order valence-corrected chi connectivity index (χ3v) is 4.51. The number of nitriles is 1. The van der Waals surface area contributed by atoms with Crippen LogP contribution in [0.15, 0.2) is 59.5 Å². The summed E-state index contributed by atoms with van der Waals surface area (Å²) >= 11 is 1.87. The first-order valence-electron chi connectivity index (χ1n) is 6.30. The molecule has 0 N–H and O–H groups in total. The Bertz CT molecular complexity index is 604. The third kappa shape index (κ3) is 2.32. The molecule has 1 aliphatic heterocycles. The van der Waals surface area contributed by atoms with Gasteiger partial charge in [-0.05, 0) is 17.7 Å². The third-order valence-electron chi connectivity index (χ3n) is 3.37. The highest BCUT2D eigenvalue weighted by atomic mass is 32.2. The number of nitrogens with zero attached hydrogens (tertiary/aromatic N) is 2. The molecule has 94 valence electrons. The van der Waals surface area contributed by atoms with Gasteiger partial charge in [0.2, 0.25) is 0 Å². The minimum Gasteiger partial charge on any atom is -0.349 e. The Morgan fingerprint density at radius 2 is 1.84 bits per heavy atom. The molecule has 0 aliphatic carbocycles. The molecule has 1 atom stereocenters. The van der Waals surface area contributed by atoms with Crippen molar-refractivity contribution in [1.82, 2.24) is 0 Å². The molecule has 0 amide bonds. The first kappa shape index (κ1) is 12.1.